The van der Waals surface area contributed by atoms with Crippen molar-refractivity contribution in [2.24, 2.45) is 0 Å². The SMILES string of the molecule is CO[C@@H](C)COc1cc(N2C[C@@H]3C[C@H]2CN3C(=O)O)c2cc(I)c(Br)c(O[C@@H](C)c3ccccc3)c2n1. The van der Waals surface area contributed by atoms with Gasteiger partial charge in [-0.15, -0.1) is 0 Å². The van der Waals surface area contributed by atoms with Gasteiger partial charge in [-0.2, -0.15) is 0 Å². The topological polar surface area (TPSA) is 84.4 Å². The van der Waals surface area contributed by atoms with Crippen LogP contribution in [0.4, 0.5) is 10.5 Å². The van der Waals surface area contributed by atoms with Gasteiger partial charge in [-0.25, -0.2) is 9.78 Å². The Morgan fingerprint density at radius 2 is 1.97 bits per heavy atom. The maximum atomic E-state index is 11.7. The first-order chi connectivity index (χ1) is 17.8. The third-order valence-corrected chi connectivity index (χ3v) is 9.52. The highest BCUT2D eigenvalue weighted by Crippen LogP contribution is 2.45. The van der Waals surface area contributed by atoms with Crippen LogP contribution in [0.2, 0.25) is 0 Å². The number of likely N-dealkylation sites (tertiary alicyclic amines) is 1. The fraction of sp³-hybridized carbons (Fsp3) is 0.407. The second kappa shape index (κ2) is 10.8. The summed E-state index contributed by atoms with van der Waals surface area (Å²) in [5, 5.41) is 10.5. The zero-order chi connectivity index (χ0) is 26.3. The average Bonchev–Trinajstić information content (AvgIpc) is 3.51. The Hall–Kier alpha value is -2.31. The lowest BCUT2D eigenvalue weighted by Gasteiger charge is -2.35. The Labute approximate surface area is 238 Å². The number of piperazine rings is 1. The van der Waals surface area contributed by atoms with Gasteiger partial charge in [-0.1, -0.05) is 30.3 Å². The lowest BCUT2D eigenvalue weighted by atomic mass is 10.1. The van der Waals surface area contributed by atoms with Gasteiger partial charge in [0.1, 0.15) is 18.2 Å². The Bertz CT molecular complexity index is 1310. The molecule has 0 unspecified atom stereocenters. The summed E-state index contributed by atoms with van der Waals surface area (Å²) in [5.41, 5.74) is 2.74. The Kier molecular flexibility index (Phi) is 7.69. The van der Waals surface area contributed by atoms with E-state index in [2.05, 4.69) is 49.5 Å². The molecule has 2 aliphatic rings. The van der Waals surface area contributed by atoms with Gasteiger partial charge in [0.2, 0.25) is 5.88 Å². The summed E-state index contributed by atoms with van der Waals surface area (Å²) < 4.78 is 19.8. The van der Waals surface area contributed by atoms with Gasteiger partial charge in [-0.3, -0.25) is 0 Å². The van der Waals surface area contributed by atoms with E-state index in [9.17, 15) is 9.90 Å². The highest BCUT2D eigenvalue weighted by atomic mass is 127. The summed E-state index contributed by atoms with van der Waals surface area (Å²) in [6, 6.07) is 14.2. The second-order valence-electron chi connectivity index (χ2n) is 9.54. The summed E-state index contributed by atoms with van der Waals surface area (Å²) in [7, 11) is 1.65. The number of methoxy groups -OCH3 is 1. The van der Waals surface area contributed by atoms with Crippen LogP contribution in [0, 0.1) is 3.57 Å². The molecule has 2 aliphatic heterocycles. The van der Waals surface area contributed by atoms with Crippen LogP contribution in [-0.4, -0.2) is 66.1 Å². The van der Waals surface area contributed by atoms with Gasteiger partial charge in [0.15, 0.2) is 5.75 Å². The lowest BCUT2D eigenvalue weighted by Crippen LogP contribution is -2.48. The molecule has 4 atom stereocenters. The number of carboxylic acid groups (broad SMARTS) is 1. The Morgan fingerprint density at radius 3 is 2.62 bits per heavy atom. The molecule has 3 aromatic rings. The molecule has 0 saturated carbocycles. The predicted octanol–water partition coefficient (Wildman–Crippen LogP) is 6.10. The van der Waals surface area contributed by atoms with Gasteiger partial charge in [0, 0.05) is 41.3 Å². The quantitative estimate of drug-likeness (QED) is 0.288. The van der Waals surface area contributed by atoms with E-state index in [4.69, 9.17) is 19.2 Å². The van der Waals surface area contributed by atoms with E-state index in [1.54, 1.807) is 12.0 Å². The van der Waals surface area contributed by atoms with E-state index >= 15 is 0 Å². The molecule has 1 N–H and O–H groups in total. The van der Waals surface area contributed by atoms with E-state index in [0.717, 1.165) is 31.1 Å². The minimum Gasteiger partial charge on any atom is -0.483 e. The van der Waals surface area contributed by atoms with Crippen molar-refractivity contribution in [3.8, 4) is 11.6 Å². The molecule has 2 fully saturated rings. The number of ether oxygens (including phenoxy) is 3. The van der Waals surface area contributed by atoms with E-state index < -0.39 is 6.09 Å². The number of anilines is 1. The van der Waals surface area contributed by atoms with E-state index in [1.165, 1.54) is 0 Å². The summed E-state index contributed by atoms with van der Waals surface area (Å²) in [4.78, 5) is 20.4. The van der Waals surface area contributed by atoms with Gasteiger partial charge in [0.05, 0.1) is 22.3 Å². The van der Waals surface area contributed by atoms with Crippen molar-refractivity contribution in [3.05, 3.63) is 56.1 Å². The number of hydrogen-bond donors (Lipinski definition) is 1. The normalized spacial score (nSPS) is 20.4. The first-order valence-corrected chi connectivity index (χ1v) is 14.1. The number of benzene rings is 2. The van der Waals surface area contributed by atoms with Crippen molar-refractivity contribution in [2.75, 3.05) is 31.7 Å². The Morgan fingerprint density at radius 1 is 1.22 bits per heavy atom. The van der Waals surface area contributed by atoms with Crippen LogP contribution >= 0.6 is 38.5 Å². The molecule has 2 bridgehead atoms. The van der Waals surface area contributed by atoms with Crippen LogP contribution in [-0.2, 0) is 4.74 Å². The van der Waals surface area contributed by atoms with Crippen LogP contribution in [0.15, 0.2) is 46.9 Å². The zero-order valence-electron chi connectivity index (χ0n) is 20.9. The van der Waals surface area contributed by atoms with Crippen LogP contribution in [0.3, 0.4) is 0 Å². The molecule has 37 heavy (non-hydrogen) atoms. The summed E-state index contributed by atoms with van der Waals surface area (Å²) in [6.07, 6.45) is -0.331. The maximum Gasteiger partial charge on any atom is 0.407 e. The van der Waals surface area contributed by atoms with Crippen molar-refractivity contribution in [1.29, 1.82) is 0 Å². The van der Waals surface area contributed by atoms with Crippen molar-refractivity contribution in [2.45, 2.75) is 44.6 Å². The first-order valence-electron chi connectivity index (χ1n) is 12.2. The number of nitrogens with zero attached hydrogens (tertiary/aromatic N) is 3. The highest BCUT2D eigenvalue weighted by molar-refractivity contribution is 14.1. The molecule has 0 aliphatic carbocycles. The number of aromatic nitrogens is 1. The molecule has 1 aromatic heterocycles. The fourth-order valence-electron chi connectivity index (χ4n) is 5.09. The molecule has 5 rings (SSSR count). The van der Waals surface area contributed by atoms with Crippen molar-refractivity contribution in [3.63, 3.8) is 0 Å². The average molecular weight is 682 g/mol. The monoisotopic (exact) mass is 681 g/mol. The number of amides is 1. The molecular weight excluding hydrogens is 653 g/mol. The van der Waals surface area contributed by atoms with Crippen LogP contribution in [0.25, 0.3) is 10.9 Å². The third-order valence-electron chi connectivity index (χ3n) is 7.14. The highest BCUT2D eigenvalue weighted by Gasteiger charge is 2.46. The third kappa shape index (κ3) is 5.20. The number of pyridine rings is 1. The van der Waals surface area contributed by atoms with E-state index in [1.807, 2.05) is 50.2 Å². The molecule has 10 heteroatoms. The summed E-state index contributed by atoms with van der Waals surface area (Å²) in [5.74, 6) is 1.14. The summed E-state index contributed by atoms with van der Waals surface area (Å²) in [6.45, 7) is 5.44. The van der Waals surface area contributed by atoms with Gasteiger partial charge >= 0.3 is 6.09 Å². The van der Waals surface area contributed by atoms with Gasteiger partial charge in [0.25, 0.3) is 0 Å². The molecular formula is C27H29BrIN3O5. The molecule has 8 nitrogen and oxygen atoms in total. The summed E-state index contributed by atoms with van der Waals surface area (Å²) >= 11 is 6.05. The molecule has 196 valence electrons. The predicted molar refractivity (Wildman–Crippen MR) is 154 cm³/mol. The largest absolute Gasteiger partial charge is 0.483 e. The number of fused-ring (bicyclic) bond motifs is 3. The van der Waals surface area contributed by atoms with Crippen LogP contribution < -0.4 is 14.4 Å². The first kappa shape index (κ1) is 26.3. The van der Waals surface area contributed by atoms with Crippen molar-refractivity contribution in [1.82, 2.24) is 9.88 Å². The lowest BCUT2D eigenvalue weighted by molar-refractivity contribution is 0.0700. The number of hydrogen-bond acceptors (Lipinski definition) is 6. The zero-order valence-corrected chi connectivity index (χ0v) is 24.6. The fourth-order valence-corrected chi connectivity index (χ4v) is 6.04. The standard InChI is InChI=1S/C27H29BrIN3O5/c1-15(35-3)14-36-23-11-22(31-12-19-9-18(31)13-32(19)27(33)34)20-10-21(29)24(28)26(25(20)30-23)37-16(2)17-7-5-4-6-8-17/h4-8,10-11,15-16,18-19H,9,12-14H2,1-3H3,(H,33,34)/t15-,16-,18-,19-/m0/s1. The molecule has 2 saturated heterocycles. The smallest absolute Gasteiger partial charge is 0.407 e. The van der Waals surface area contributed by atoms with Gasteiger partial charge < -0.3 is 29.1 Å². The van der Waals surface area contributed by atoms with Crippen molar-refractivity contribution < 1.29 is 24.1 Å². The number of halogens is 2. The minimum atomic E-state index is -0.853. The second-order valence-corrected chi connectivity index (χ2v) is 11.5. The number of rotatable bonds is 8. The van der Waals surface area contributed by atoms with Crippen LogP contribution in [0.5, 0.6) is 11.6 Å². The van der Waals surface area contributed by atoms with E-state index in [0.29, 0.717) is 36.8 Å². The molecule has 3 heterocycles. The van der Waals surface area contributed by atoms with E-state index in [-0.39, 0.29) is 24.3 Å². The molecule has 0 spiro atoms. The Balaban J connectivity index is 1.60. The molecule has 2 aromatic carbocycles. The number of carbonyl (C=O) groups is 1. The maximum absolute atomic E-state index is 11.7. The molecule has 0 radical (unpaired) electrons. The molecule has 1 amide bonds. The van der Waals surface area contributed by atoms with Crippen LogP contribution in [0.1, 0.15) is 31.9 Å². The van der Waals surface area contributed by atoms with Crippen molar-refractivity contribution >= 4 is 61.2 Å². The van der Waals surface area contributed by atoms with Gasteiger partial charge in [-0.05, 0) is 70.4 Å². The minimum absolute atomic E-state index is 0.0214.